The summed E-state index contributed by atoms with van der Waals surface area (Å²) < 4.78 is 10.2. The van der Waals surface area contributed by atoms with Crippen molar-refractivity contribution in [2.45, 2.75) is 18.1 Å². The summed E-state index contributed by atoms with van der Waals surface area (Å²) in [6, 6.07) is 1.96. The van der Waals surface area contributed by atoms with Crippen molar-refractivity contribution in [3.8, 4) is 0 Å². The predicted octanol–water partition coefficient (Wildman–Crippen LogP) is 3.14. The second kappa shape index (κ2) is 18.0. The maximum absolute atomic E-state index is 10.7. The highest BCUT2D eigenvalue weighted by atomic mass is 32.2. The van der Waals surface area contributed by atoms with Crippen molar-refractivity contribution in [1.82, 2.24) is 9.88 Å². The molecule has 0 saturated carbocycles. The zero-order valence-corrected chi connectivity index (χ0v) is 21.8. The molecule has 1 unspecified atom stereocenters. The van der Waals surface area contributed by atoms with Gasteiger partial charge in [-0.05, 0) is 31.2 Å². The summed E-state index contributed by atoms with van der Waals surface area (Å²) in [5.74, 6) is 0.723. The number of anilines is 1. The lowest BCUT2D eigenvalue weighted by atomic mass is 10.1. The minimum absolute atomic E-state index is 0.0647. The molecule has 184 valence electrons. The van der Waals surface area contributed by atoms with Gasteiger partial charge in [0.05, 0.1) is 19.0 Å². The molecule has 8 nitrogen and oxygen atoms in total. The number of aromatic nitrogens is 1. The number of thioether (sulfide) groups is 1. The maximum atomic E-state index is 10.7. The van der Waals surface area contributed by atoms with Gasteiger partial charge >= 0.3 is 0 Å². The predicted molar refractivity (Wildman–Crippen MR) is 139 cm³/mol. The summed E-state index contributed by atoms with van der Waals surface area (Å²) >= 11 is 1.62. The van der Waals surface area contributed by atoms with Crippen LogP contribution in [0, 0.1) is 0 Å². The van der Waals surface area contributed by atoms with Crippen LogP contribution in [0.4, 0.5) is 5.69 Å². The normalized spacial score (nSPS) is 13.8. The van der Waals surface area contributed by atoms with E-state index in [1.807, 2.05) is 68.2 Å². The van der Waals surface area contributed by atoms with Crippen molar-refractivity contribution in [2.24, 2.45) is 4.99 Å². The number of carbonyl (C=O) groups is 1. The molecule has 1 aliphatic rings. The molecule has 0 amide bonds. The molecule has 1 N–H and O–H groups in total. The first-order chi connectivity index (χ1) is 15.9. The fourth-order valence-corrected chi connectivity index (χ4v) is 3.55. The van der Waals surface area contributed by atoms with Crippen LogP contribution >= 0.6 is 11.8 Å². The van der Waals surface area contributed by atoms with E-state index in [9.17, 15) is 4.79 Å². The van der Waals surface area contributed by atoms with Gasteiger partial charge in [0.2, 0.25) is 0 Å². The number of ether oxygens (including phenoxy) is 2. The van der Waals surface area contributed by atoms with E-state index in [0.29, 0.717) is 6.61 Å². The number of carbonyl (C=O) groups excluding carboxylic acids is 1. The van der Waals surface area contributed by atoms with Gasteiger partial charge < -0.3 is 24.4 Å². The van der Waals surface area contributed by atoms with Gasteiger partial charge in [0.1, 0.15) is 11.3 Å². The number of likely N-dealkylation sites (N-methyl/N-ethyl adjacent to an activating group) is 1. The number of aldehydes is 1. The number of aliphatic imine (C=N–C) groups is 1. The number of aliphatic hydroxyl groups excluding tert-OH is 1. The average Bonchev–Trinajstić information content (AvgIpc) is 2.84. The summed E-state index contributed by atoms with van der Waals surface area (Å²) in [4.78, 5) is 23.0. The van der Waals surface area contributed by atoms with Gasteiger partial charge in [-0.25, -0.2) is 4.98 Å². The highest BCUT2D eigenvalue weighted by Crippen LogP contribution is 2.34. The van der Waals surface area contributed by atoms with Gasteiger partial charge in [0.25, 0.3) is 0 Å². The van der Waals surface area contributed by atoms with Crippen molar-refractivity contribution in [3.05, 3.63) is 47.3 Å². The Morgan fingerprint density at radius 2 is 2.03 bits per heavy atom. The summed E-state index contributed by atoms with van der Waals surface area (Å²) in [6.07, 6.45) is 12.4. The van der Waals surface area contributed by atoms with Gasteiger partial charge in [0.15, 0.2) is 0 Å². The number of fused-ring (bicyclic) bond motifs is 1. The molecule has 0 radical (unpaired) electrons. The summed E-state index contributed by atoms with van der Waals surface area (Å²) in [6.45, 7) is 2.58. The Hall–Kier alpha value is -2.46. The lowest BCUT2D eigenvalue weighted by Crippen LogP contribution is -2.16. The minimum atomic E-state index is 0.0647. The number of hydrogen-bond acceptors (Lipinski definition) is 8. The Labute approximate surface area is 202 Å². The third kappa shape index (κ3) is 11.3. The quantitative estimate of drug-likeness (QED) is 0.251. The van der Waals surface area contributed by atoms with E-state index in [4.69, 9.17) is 14.6 Å². The van der Waals surface area contributed by atoms with Crippen LogP contribution in [0.25, 0.3) is 6.08 Å². The first kappa shape index (κ1) is 30.5. The first-order valence-corrected chi connectivity index (χ1v) is 11.3. The monoisotopic (exact) mass is 478 g/mol. The van der Waals surface area contributed by atoms with Gasteiger partial charge in [-0.15, -0.1) is 11.8 Å². The summed E-state index contributed by atoms with van der Waals surface area (Å²) in [5, 5.41) is 8.01. The van der Waals surface area contributed by atoms with E-state index >= 15 is 0 Å². The molecule has 1 aromatic heterocycles. The standard InChI is InChI=1S/C12H22N2O2.C11H12N2OS.CH4O/c1-11(16-5)9-12(7-6-8-15-4)14(3)10-13-2;1-13(2)10-3-4-12-11-9(10)5-8(6-14)7-15-11;1-2/h6-7,9-11H,8H2,1-5H3;3-6H,7H2,1-2H3;2H,1H3/b7-6-,12-9+,13-10?;;. The number of aliphatic hydroxyl groups is 1. The zero-order chi connectivity index (χ0) is 25.2. The lowest BCUT2D eigenvalue weighted by molar-refractivity contribution is -0.104. The third-order valence-corrected chi connectivity index (χ3v) is 5.37. The molecule has 2 heterocycles. The van der Waals surface area contributed by atoms with Gasteiger partial charge in [-0.3, -0.25) is 9.79 Å². The average molecular weight is 479 g/mol. The molecule has 33 heavy (non-hydrogen) atoms. The van der Waals surface area contributed by atoms with Gasteiger partial charge in [-0.2, -0.15) is 0 Å². The van der Waals surface area contributed by atoms with Crippen LogP contribution in [0.2, 0.25) is 0 Å². The first-order valence-electron chi connectivity index (χ1n) is 10.3. The molecular weight excluding hydrogens is 440 g/mol. The summed E-state index contributed by atoms with van der Waals surface area (Å²) in [5.41, 5.74) is 4.01. The molecule has 0 aromatic carbocycles. The van der Waals surface area contributed by atoms with Crippen molar-refractivity contribution in [1.29, 1.82) is 0 Å². The second-order valence-corrected chi connectivity index (χ2v) is 7.91. The van der Waals surface area contributed by atoms with E-state index < -0.39 is 0 Å². The van der Waals surface area contributed by atoms with Crippen molar-refractivity contribution >= 4 is 36.1 Å². The number of pyridine rings is 1. The van der Waals surface area contributed by atoms with Crippen LogP contribution in [-0.4, -0.2) is 95.6 Å². The molecule has 2 rings (SSSR count). The van der Waals surface area contributed by atoms with E-state index in [2.05, 4.69) is 9.98 Å². The number of allylic oxidation sites excluding steroid dienone is 1. The molecular formula is C24H38N4O4S. The fourth-order valence-electron chi connectivity index (χ4n) is 2.64. The maximum Gasteiger partial charge on any atom is 0.146 e. The van der Waals surface area contributed by atoms with E-state index in [0.717, 1.165) is 46.7 Å². The number of methoxy groups -OCH3 is 2. The van der Waals surface area contributed by atoms with Crippen molar-refractivity contribution in [2.75, 3.05) is 66.8 Å². The van der Waals surface area contributed by atoms with E-state index in [1.54, 1.807) is 45.6 Å². The molecule has 1 aromatic rings. The minimum Gasteiger partial charge on any atom is -0.400 e. The fraction of sp³-hybridized carbons (Fsp3) is 0.458. The molecule has 9 heteroatoms. The molecule has 0 spiro atoms. The SMILES string of the molecule is CN(C)c1ccnc2c1C=C(C=O)CS2.CN=CN(C)C(/C=C\COC)=C/C(C)OC.CO. The summed E-state index contributed by atoms with van der Waals surface area (Å²) in [7, 11) is 12.0. The molecule has 1 aliphatic heterocycles. The Morgan fingerprint density at radius 1 is 1.33 bits per heavy atom. The number of rotatable bonds is 9. The van der Waals surface area contributed by atoms with Crippen LogP contribution in [-0.2, 0) is 14.3 Å². The molecule has 0 saturated heterocycles. The highest BCUT2D eigenvalue weighted by Gasteiger charge is 2.15. The molecule has 1 atom stereocenters. The molecule has 0 fully saturated rings. The number of nitrogens with zero attached hydrogens (tertiary/aromatic N) is 4. The highest BCUT2D eigenvalue weighted by molar-refractivity contribution is 7.99. The van der Waals surface area contributed by atoms with Crippen molar-refractivity contribution in [3.63, 3.8) is 0 Å². The Bertz CT molecular complexity index is 823. The van der Waals surface area contributed by atoms with E-state index in [1.165, 1.54) is 0 Å². The van der Waals surface area contributed by atoms with Gasteiger partial charge in [0, 0.05) is 84.0 Å². The van der Waals surface area contributed by atoms with E-state index in [-0.39, 0.29) is 6.10 Å². The Morgan fingerprint density at radius 3 is 2.58 bits per heavy atom. The van der Waals surface area contributed by atoms with Crippen LogP contribution in [0.1, 0.15) is 12.5 Å². The van der Waals surface area contributed by atoms with Crippen molar-refractivity contribution < 1.29 is 19.4 Å². The topological polar surface area (TPSA) is 87.5 Å². The van der Waals surface area contributed by atoms with Crippen LogP contribution in [0.5, 0.6) is 0 Å². The third-order valence-electron chi connectivity index (χ3n) is 4.29. The second-order valence-electron chi connectivity index (χ2n) is 6.94. The van der Waals surface area contributed by atoms with Crippen LogP contribution in [0.15, 0.2) is 51.8 Å². The molecule has 0 aliphatic carbocycles. The van der Waals surface area contributed by atoms with Crippen LogP contribution < -0.4 is 4.90 Å². The smallest absolute Gasteiger partial charge is 0.146 e. The molecule has 0 bridgehead atoms. The van der Waals surface area contributed by atoms with Crippen LogP contribution in [0.3, 0.4) is 0 Å². The Balaban J connectivity index is 0.000000577. The Kier molecular flexibility index (Phi) is 16.7. The lowest BCUT2D eigenvalue weighted by Gasteiger charge is -2.20. The number of hydrogen-bond donors (Lipinski definition) is 1. The largest absolute Gasteiger partial charge is 0.400 e. The zero-order valence-electron chi connectivity index (χ0n) is 21.0. The van der Waals surface area contributed by atoms with Gasteiger partial charge in [-0.1, -0.05) is 6.08 Å².